The number of aromatic nitrogens is 2. The first-order chi connectivity index (χ1) is 8.70. The molecule has 1 fully saturated rings. The van der Waals surface area contributed by atoms with Crippen molar-refractivity contribution in [2.75, 3.05) is 11.9 Å². The summed E-state index contributed by atoms with van der Waals surface area (Å²) in [5.74, 6) is 0.805. The molecule has 0 aliphatic heterocycles. The van der Waals surface area contributed by atoms with Crippen molar-refractivity contribution < 1.29 is 4.79 Å². The molecule has 2 N–H and O–H groups in total. The summed E-state index contributed by atoms with van der Waals surface area (Å²) in [5, 5.41) is 6.55. The fourth-order valence-corrected chi connectivity index (χ4v) is 1.95. The summed E-state index contributed by atoms with van der Waals surface area (Å²) in [4.78, 5) is 19.6. The zero-order chi connectivity index (χ0) is 13.0. The van der Waals surface area contributed by atoms with Gasteiger partial charge in [-0.1, -0.05) is 18.5 Å². The minimum atomic E-state index is 0.0863. The van der Waals surface area contributed by atoms with Crippen molar-refractivity contribution in [2.24, 2.45) is 0 Å². The summed E-state index contributed by atoms with van der Waals surface area (Å²) in [7, 11) is 0. The highest BCUT2D eigenvalue weighted by Crippen LogP contribution is 2.20. The van der Waals surface area contributed by atoms with Crippen LogP contribution < -0.4 is 10.6 Å². The molecule has 18 heavy (non-hydrogen) atoms. The van der Waals surface area contributed by atoms with Crippen LogP contribution in [0.4, 0.5) is 5.82 Å². The topological polar surface area (TPSA) is 66.9 Å². The number of nitrogens with one attached hydrogen (secondary N) is 2. The summed E-state index contributed by atoms with van der Waals surface area (Å²) in [6, 6.07) is 0.414. The van der Waals surface area contributed by atoms with E-state index in [4.69, 9.17) is 11.6 Å². The van der Waals surface area contributed by atoms with Crippen molar-refractivity contribution in [3.8, 4) is 0 Å². The number of hydrogen-bond donors (Lipinski definition) is 2. The van der Waals surface area contributed by atoms with Crippen molar-refractivity contribution in [3.05, 3.63) is 17.0 Å². The van der Waals surface area contributed by atoms with Crippen LogP contribution in [0.5, 0.6) is 0 Å². The Kier molecular flexibility index (Phi) is 4.36. The van der Waals surface area contributed by atoms with Gasteiger partial charge in [0.25, 0.3) is 0 Å². The van der Waals surface area contributed by atoms with Crippen molar-refractivity contribution in [1.82, 2.24) is 15.3 Å². The largest absolute Gasteiger partial charge is 0.369 e. The fraction of sp³-hybridized carbons (Fsp3) is 0.583. The number of rotatable bonds is 6. The van der Waals surface area contributed by atoms with Gasteiger partial charge in [0.2, 0.25) is 5.91 Å². The van der Waals surface area contributed by atoms with Gasteiger partial charge in [-0.25, -0.2) is 9.97 Å². The quantitative estimate of drug-likeness (QED) is 0.772. The van der Waals surface area contributed by atoms with Crippen molar-refractivity contribution >= 4 is 23.3 Å². The van der Waals surface area contributed by atoms with Gasteiger partial charge in [-0.05, 0) is 19.3 Å². The second-order valence-corrected chi connectivity index (χ2v) is 4.72. The van der Waals surface area contributed by atoms with Crippen LogP contribution in [0.3, 0.4) is 0 Å². The van der Waals surface area contributed by atoms with Crippen LogP contribution >= 0.6 is 11.6 Å². The molecule has 5 nitrogen and oxygen atoms in total. The maximum atomic E-state index is 11.5. The Labute approximate surface area is 111 Å². The van der Waals surface area contributed by atoms with Crippen LogP contribution in [0.1, 0.15) is 31.7 Å². The number of amides is 1. The molecule has 1 aromatic rings. The van der Waals surface area contributed by atoms with Crippen LogP contribution in [-0.2, 0) is 11.2 Å². The third-order valence-corrected chi connectivity index (χ3v) is 3.16. The van der Waals surface area contributed by atoms with Gasteiger partial charge in [-0.3, -0.25) is 4.79 Å². The molecule has 1 heterocycles. The molecule has 6 heteroatoms. The third-order valence-electron chi connectivity index (χ3n) is 2.83. The molecule has 0 unspecified atom stereocenters. The van der Waals surface area contributed by atoms with Gasteiger partial charge in [-0.15, -0.1) is 0 Å². The van der Waals surface area contributed by atoms with Crippen molar-refractivity contribution in [3.63, 3.8) is 0 Å². The molecule has 1 aliphatic carbocycles. The summed E-state index contributed by atoms with van der Waals surface area (Å²) < 4.78 is 0. The molecule has 0 aromatic carbocycles. The standard InChI is InChI=1S/C12H17ClN4O/c1-2-9-11(13)15-7-16-12(9)14-6-5-10(18)17-8-3-4-8/h7-8H,2-6H2,1H3,(H,17,18)(H,14,15,16). The second kappa shape index (κ2) is 6.00. The summed E-state index contributed by atoms with van der Waals surface area (Å²) in [6.45, 7) is 2.55. The van der Waals surface area contributed by atoms with Gasteiger partial charge in [-0.2, -0.15) is 0 Å². The highest BCUT2D eigenvalue weighted by atomic mass is 35.5. The first-order valence-corrected chi connectivity index (χ1v) is 6.61. The van der Waals surface area contributed by atoms with Crippen LogP contribution in [0.25, 0.3) is 0 Å². The lowest BCUT2D eigenvalue weighted by molar-refractivity contribution is -0.120. The minimum Gasteiger partial charge on any atom is -0.369 e. The first-order valence-electron chi connectivity index (χ1n) is 6.23. The summed E-state index contributed by atoms with van der Waals surface area (Å²) >= 11 is 5.98. The SMILES string of the molecule is CCc1c(Cl)ncnc1NCCC(=O)NC1CC1. The van der Waals surface area contributed by atoms with Gasteiger partial charge >= 0.3 is 0 Å². The van der Waals surface area contributed by atoms with Crippen molar-refractivity contribution in [2.45, 2.75) is 38.6 Å². The van der Waals surface area contributed by atoms with E-state index in [1.54, 1.807) is 0 Å². The van der Waals surface area contributed by atoms with E-state index in [1.807, 2.05) is 6.92 Å². The lowest BCUT2D eigenvalue weighted by Gasteiger charge is -2.10. The molecule has 0 radical (unpaired) electrons. The van der Waals surface area contributed by atoms with Gasteiger partial charge in [0.1, 0.15) is 17.3 Å². The predicted molar refractivity (Wildman–Crippen MR) is 70.7 cm³/mol. The van der Waals surface area contributed by atoms with E-state index < -0.39 is 0 Å². The Balaban J connectivity index is 1.82. The molecule has 0 spiro atoms. The minimum absolute atomic E-state index is 0.0863. The molecule has 1 aromatic heterocycles. The Hall–Kier alpha value is -1.36. The normalized spacial score (nSPS) is 14.3. The van der Waals surface area contributed by atoms with Gasteiger partial charge in [0, 0.05) is 24.6 Å². The zero-order valence-corrected chi connectivity index (χ0v) is 11.1. The van der Waals surface area contributed by atoms with E-state index in [-0.39, 0.29) is 5.91 Å². The lowest BCUT2D eigenvalue weighted by Crippen LogP contribution is -2.27. The Morgan fingerprint density at radius 2 is 2.28 bits per heavy atom. The zero-order valence-electron chi connectivity index (χ0n) is 10.4. The number of halogens is 1. The number of nitrogens with zero attached hydrogens (tertiary/aromatic N) is 2. The molecule has 1 saturated carbocycles. The van der Waals surface area contributed by atoms with Gasteiger partial charge < -0.3 is 10.6 Å². The summed E-state index contributed by atoms with van der Waals surface area (Å²) in [6.07, 6.45) is 4.85. The molecule has 2 rings (SSSR count). The lowest BCUT2D eigenvalue weighted by atomic mass is 10.2. The van der Waals surface area contributed by atoms with E-state index in [0.717, 1.165) is 30.6 Å². The smallest absolute Gasteiger partial charge is 0.221 e. The highest BCUT2D eigenvalue weighted by molar-refractivity contribution is 6.30. The molecule has 0 atom stereocenters. The molecule has 98 valence electrons. The first kappa shape index (κ1) is 13.1. The van der Waals surface area contributed by atoms with Gasteiger partial charge in [0.05, 0.1) is 0 Å². The van der Waals surface area contributed by atoms with Crippen LogP contribution in [0.15, 0.2) is 6.33 Å². The van der Waals surface area contributed by atoms with Crippen LogP contribution in [0.2, 0.25) is 5.15 Å². The third kappa shape index (κ3) is 3.57. The summed E-state index contributed by atoms with van der Waals surface area (Å²) in [5.41, 5.74) is 0.891. The second-order valence-electron chi connectivity index (χ2n) is 4.36. The van der Waals surface area contributed by atoms with E-state index >= 15 is 0 Å². The molecule has 0 saturated heterocycles. The van der Waals surface area contributed by atoms with E-state index in [2.05, 4.69) is 20.6 Å². The van der Waals surface area contributed by atoms with E-state index in [1.165, 1.54) is 6.33 Å². The maximum Gasteiger partial charge on any atom is 0.221 e. The van der Waals surface area contributed by atoms with E-state index in [9.17, 15) is 4.79 Å². The molecule has 0 bridgehead atoms. The average Bonchev–Trinajstić information content (AvgIpc) is 3.13. The highest BCUT2D eigenvalue weighted by Gasteiger charge is 2.22. The number of carbonyl (C=O) groups is 1. The fourth-order valence-electron chi connectivity index (χ4n) is 1.68. The molecular formula is C12H17ClN4O. The Morgan fingerprint density at radius 1 is 1.50 bits per heavy atom. The van der Waals surface area contributed by atoms with E-state index in [0.29, 0.717) is 24.2 Å². The molecular weight excluding hydrogens is 252 g/mol. The van der Waals surface area contributed by atoms with Crippen LogP contribution in [0, 0.1) is 0 Å². The van der Waals surface area contributed by atoms with Crippen LogP contribution in [-0.4, -0.2) is 28.5 Å². The predicted octanol–water partition coefficient (Wildman–Crippen LogP) is 1.77. The Bertz CT molecular complexity index is 434. The monoisotopic (exact) mass is 268 g/mol. The Morgan fingerprint density at radius 3 is 2.94 bits per heavy atom. The maximum absolute atomic E-state index is 11.5. The average molecular weight is 269 g/mol. The molecule has 1 amide bonds. The number of anilines is 1. The van der Waals surface area contributed by atoms with Gasteiger partial charge in [0.15, 0.2) is 0 Å². The number of carbonyl (C=O) groups excluding carboxylic acids is 1. The number of hydrogen-bond acceptors (Lipinski definition) is 4. The van der Waals surface area contributed by atoms with Crippen molar-refractivity contribution in [1.29, 1.82) is 0 Å². The molecule has 1 aliphatic rings.